The summed E-state index contributed by atoms with van der Waals surface area (Å²) >= 11 is 3.31. The molecule has 5 heteroatoms. The van der Waals surface area contributed by atoms with Crippen LogP contribution in [-0.4, -0.2) is 29.5 Å². The van der Waals surface area contributed by atoms with E-state index in [0.717, 1.165) is 19.2 Å². The molecular weight excluding hydrogens is 259 g/mol. The van der Waals surface area contributed by atoms with E-state index < -0.39 is 0 Å². The number of rotatable bonds is 6. The summed E-state index contributed by atoms with van der Waals surface area (Å²) in [6.07, 6.45) is 0.897. The third-order valence-corrected chi connectivity index (χ3v) is 2.55. The summed E-state index contributed by atoms with van der Waals surface area (Å²) in [7, 11) is 0.967. The summed E-state index contributed by atoms with van der Waals surface area (Å²) in [6, 6.07) is 5.32. The Bertz CT molecular complexity index is 307. The van der Waals surface area contributed by atoms with Crippen LogP contribution >= 0.6 is 15.9 Å². The van der Waals surface area contributed by atoms with E-state index in [9.17, 15) is 0 Å². The molecule has 0 aliphatic rings. The van der Waals surface area contributed by atoms with Crippen LogP contribution in [0.1, 0.15) is 12.0 Å². The molecule has 81 valence electrons. The van der Waals surface area contributed by atoms with Crippen LogP contribution in [0.25, 0.3) is 0 Å². The molecule has 15 heavy (non-hydrogen) atoms. The van der Waals surface area contributed by atoms with Crippen LogP contribution in [0, 0.1) is 0 Å². The fraction of sp³-hybridized carbons (Fsp3) is 0.400. The van der Waals surface area contributed by atoms with Gasteiger partial charge in [-0.05, 0) is 23.5 Å². The lowest BCUT2D eigenvalue weighted by Gasteiger charge is -2.11. The standard InChI is InChI=1S/C10H13BBrO3/c12-5-2-6-15-9-4-1-3-8(7-13)10(9)11-14/h1,3-4,13-14H,2,5-7H2. The lowest BCUT2D eigenvalue weighted by Crippen LogP contribution is -2.22. The van der Waals surface area contributed by atoms with Crippen molar-refractivity contribution in [2.75, 3.05) is 11.9 Å². The van der Waals surface area contributed by atoms with Crippen molar-refractivity contribution in [1.82, 2.24) is 0 Å². The van der Waals surface area contributed by atoms with E-state index in [4.69, 9.17) is 14.9 Å². The van der Waals surface area contributed by atoms with Gasteiger partial charge in [0.1, 0.15) is 5.75 Å². The Balaban J connectivity index is 2.76. The monoisotopic (exact) mass is 271 g/mol. The topological polar surface area (TPSA) is 49.7 Å². The fourth-order valence-electron chi connectivity index (χ4n) is 1.24. The predicted molar refractivity (Wildman–Crippen MR) is 63.9 cm³/mol. The zero-order valence-electron chi connectivity index (χ0n) is 8.32. The van der Waals surface area contributed by atoms with Crippen molar-refractivity contribution < 1.29 is 14.9 Å². The summed E-state index contributed by atoms with van der Waals surface area (Å²) < 4.78 is 5.48. The number of aliphatic hydroxyl groups is 1. The predicted octanol–water partition coefficient (Wildman–Crippen LogP) is 0.580. The van der Waals surface area contributed by atoms with Gasteiger partial charge in [-0.1, -0.05) is 28.1 Å². The minimum Gasteiger partial charge on any atom is -0.494 e. The highest BCUT2D eigenvalue weighted by atomic mass is 79.9. The Morgan fingerprint density at radius 1 is 1.40 bits per heavy atom. The van der Waals surface area contributed by atoms with Gasteiger partial charge < -0.3 is 14.9 Å². The van der Waals surface area contributed by atoms with Gasteiger partial charge in [0.25, 0.3) is 0 Å². The van der Waals surface area contributed by atoms with Gasteiger partial charge in [0, 0.05) is 5.33 Å². The second kappa shape index (κ2) is 6.88. The Morgan fingerprint density at radius 3 is 2.80 bits per heavy atom. The van der Waals surface area contributed by atoms with Crippen molar-refractivity contribution in [3.63, 3.8) is 0 Å². The van der Waals surface area contributed by atoms with Crippen molar-refractivity contribution in [2.45, 2.75) is 13.0 Å². The van der Waals surface area contributed by atoms with E-state index in [0.29, 0.717) is 23.4 Å². The third kappa shape index (κ3) is 3.52. The molecule has 3 nitrogen and oxygen atoms in total. The summed E-state index contributed by atoms with van der Waals surface area (Å²) in [5, 5.41) is 19.0. The highest BCUT2D eigenvalue weighted by Crippen LogP contribution is 2.10. The highest BCUT2D eigenvalue weighted by molar-refractivity contribution is 9.09. The van der Waals surface area contributed by atoms with Gasteiger partial charge >= 0.3 is 7.48 Å². The molecule has 0 spiro atoms. The van der Waals surface area contributed by atoms with Crippen LogP contribution < -0.4 is 10.2 Å². The smallest absolute Gasteiger partial charge is 0.331 e. The van der Waals surface area contributed by atoms with E-state index in [2.05, 4.69) is 15.9 Å². The SMILES string of the molecule is O[B]c1c(CO)cccc1OCCCBr. The molecule has 0 heterocycles. The average Bonchev–Trinajstić information content (AvgIpc) is 2.29. The highest BCUT2D eigenvalue weighted by Gasteiger charge is 2.09. The largest absolute Gasteiger partial charge is 0.494 e. The first-order chi connectivity index (χ1) is 7.33. The number of aliphatic hydroxyl groups excluding tert-OH is 1. The molecule has 0 aliphatic carbocycles. The summed E-state index contributed by atoms with van der Waals surface area (Å²) in [5.74, 6) is 0.602. The molecule has 0 aliphatic heterocycles. The molecule has 0 saturated carbocycles. The van der Waals surface area contributed by atoms with Gasteiger partial charge in [-0.15, -0.1) is 0 Å². The van der Waals surface area contributed by atoms with Gasteiger partial charge in [0.2, 0.25) is 0 Å². The van der Waals surface area contributed by atoms with Crippen LogP contribution in [0.2, 0.25) is 0 Å². The Kier molecular flexibility index (Phi) is 5.75. The molecule has 2 N–H and O–H groups in total. The number of halogens is 1. The molecule has 1 aromatic rings. The Morgan fingerprint density at radius 2 is 2.20 bits per heavy atom. The quantitative estimate of drug-likeness (QED) is 0.452. The van der Waals surface area contributed by atoms with Gasteiger partial charge in [-0.2, -0.15) is 0 Å². The number of ether oxygens (including phenoxy) is 1. The van der Waals surface area contributed by atoms with Crippen LogP contribution in [0.15, 0.2) is 18.2 Å². The van der Waals surface area contributed by atoms with E-state index in [1.807, 2.05) is 0 Å². The molecule has 1 aromatic carbocycles. The maximum absolute atomic E-state index is 9.06. The van der Waals surface area contributed by atoms with Gasteiger partial charge in [-0.25, -0.2) is 0 Å². The molecule has 1 rings (SSSR count). The Labute approximate surface area is 98.5 Å². The fourth-order valence-corrected chi connectivity index (χ4v) is 1.47. The van der Waals surface area contributed by atoms with E-state index in [1.165, 1.54) is 0 Å². The molecular formula is C10H13BBrO3. The number of benzene rings is 1. The lowest BCUT2D eigenvalue weighted by molar-refractivity contribution is 0.280. The van der Waals surface area contributed by atoms with E-state index >= 15 is 0 Å². The molecule has 0 atom stereocenters. The van der Waals surface area contributed by atoms with Crippen molar-refractivity contribution in [2.24, 2.45) is 0 Å². The first-order valence-corrected chi connectivity index (χ1v) is 5.84. The molecule has 0 bridgehead atoms. The Hall–Kier alpha value is -0.515. The zero-order chi connectivity index (χ0) is 11.1. The molecule has 0 amide bonds. The maximum Gasteiger partial charge on any atom is 0.331 e. The van der Waals surface area contributed by atoms with E-state index in [-0.39, 0.29) is 6.61 Å². The van der Waals surface area contributed by atoms with Gasteiger partial charge in [-0.3, -0.25) is 0 Å². The zero-order valence-corrected chi connectivity index (χ0v) is 9.90. The van der Waals surface area contributed by atoms with Gasteiger partial charge in [0.15, 0.2) is 0 Å². The van der Waals surface area contributed by atoms with E-state index in [1.54, 1.807) is 18.2 Å². The number of hydrogen-bond donors (Lipinski definition) is 2. The first kappa shape index (κ1) is 12.6. The molecule has 0 aromatic heterocycles. The number of alkyl halides is 1. The van der Waals surface area contributed by atoms with Crippen molar-refractivity contribution >= 4 is 28.9 Å². The molecule has 0 fully saturated rings. The molecule has 0 unspecified atom stereocenters. The van der Waals surface area contributed by atoms with Crippen LogP contribution in [0.4, 0.5) is 0 Å². The lowest BCUT2D eigenvalue weighted by atomic mass is 9.83. The van der Waals surface area contributed by atoms with Crippen molar-refractivity contribution in [3.8, 4) is 5.75 Å². The molecule has 1 radical (unpaired) electrons. The summed E-state index contributed by atoms with van der Waals surface area (Å²) in [6.45, 7) is 0.475. The normalized spacial score (nSPS) is 10.1. The van der Waals surface area contributed by atoms with Gasteiger partial charge in [0.05, 0.1) is 13.2 Å². The minimum absolute atomic E-state index is 0.109. The second-order valence-electron chi connectivity index (χ2n) is 3.01. The van der Waals surface area contributed by atoms with Crippen LogP contribution in [0.3, 0.4) is 0 Å². The van der Waals surface area contributed by atoms with Crippen molar-refractivity contribution in [3.05, 3.63) is 23.8 Å². The second-order valence-corrected chi connectivity index (χ2v) is 3.80. The molecule has 0 saturated heterocycles. The summed E-state index contributed by atoms with van der Waals surface area (Å²) in [4.78, 5) is 0. The third-order valence-electron chi connectivity index (χ3n) is 1.99. The number of hydrogen-bond acceptors (Lipinski definition) is 3. The van der Waals surface area contributed by atoms with Crippen LogP contribution in [0.5, 0.6) is 5.75 Å². The summed E-state index contributed by atoms with van der Waals surface area (Å²) in [5.41, 5.74) is 1.21. The minimum atomic E-state index is -0.109. The van der Waals surface area contributed by atoms with Crippen LogP contribution in [-0.2, 0) is 6.61 Å². The average molecular weight is 272 g/mol. The first-order valence-electron chi connectivity index (χ1n) is 4.72. The maximum atomic E-state index is 9.06. The van der Waals surface area contributed by atoms with Crippen molar-refractivity contribution in [1.29, 1.82) is 0 Å².